The number of aryl methyl sites for hydroxylation is 1. The molecule has 312 valence electrons. The Hall–Kier alpha value is -5.85. The first-order chi connectivity index (χ1) is 28.9. The highest BCUT2D eigenvalue weighted by Gasteiger charge is 2.40. The number of benzene rings is 2. The van der Waals surface area contributed by atoms with E-state index >= 15 is 8.78 Å². The lowest BCUT2D eigenvalue weighted by Crippen LogP contribution is -2.52. The number of anilines is 2. The second-order valence-electron chi connectivity index (χ2n) is 15.3. The molecule has 6 heterocycles. The van der Waals surface area contributed by atoms with E-state index in [2.05, 4.69) is 35.5 Å². The van der Waals surface area contributed by atoms with Crippen molar-refractivity contribution < 1.29 is 32.7 Å². The molecule has 0 radical (unpaired) electrons. The molecule has 0 saturated carbocycles. The van der Waals surface area contributed by atoms with Crippen LogP contribution in [0.25, 0.3) is 22.3 Å². The number of imidazole rings is 1. The number of hydrogen-bond donors (Lipinski definition) is 2. The number of thioether (sulfide) groups is 1. The molecular formula is C42H44F2N10O5S. The quantitative estimate of drug-likeness (QED) is 0.0926. The number of aromatic nitrogens is 5. The number of rotatable bonds is 13. The van der Waals surface area contributed by atoms with Crippen molar-refractivity contribution in [3.05, 3.63) is 89.0 Å². The summed E-state index contributed by atoms with van der Waals surface area (Å²) in [7, 11) is 0. The fourth-order valence-corrected chi connectivity index (χ4v) is 8.91. The van der Waals surface area contributed by atoms with Crippen LogP contribution < -0.4 is 10.6 Å². The van der Waals surface area contributed by atoms with E-state index in [0.717, 1.165) is 22.2 Å². The zero-order valence-electron chi connectivity index (χ0n) is 33.4. The van der Waals surface area contributed by atoms with Gasteiger partial charge in [0.25, 0.3) is 5.91 Å². The third-order valence-electron chi connectivity index (χ3n) is 10.9. The van der Waals surface area contributed by atoms with E-state index in [0.29, 0.717) is 80.8 Å². The maximum absolute atomic E-state index is 15.1. The third-order valence-corrected chi connectivity index (χ3v) is 12.0. The minimum atomic E-state index is -0.686. The Morgan fingerprint density at radius 3 is 2.58 bits per heavy atom. The first-order valence-electron chi connectivity index (χ1n) is 19.8. The molecule has 0 aliphatic carbocycles. The highest BCUT2D eigenvalue weighted by molar-refractivity contribution is 7.99. The van der Waals surface area contributed by atoms with E-state index < -0.39 is 23.6 Å². The van der Waals surface area contributed by atoms with Gasteiger partial charge in [-0.3, -0.25) is 29.4 Å². The average molecular weight is 839 g/mol. The van der Waals surface area contributed by atoms with Crippen molar-refractivity contribution >= 4 is 58.2 Å². The van der Waals surface area contributed by atoms with Gasteiger partial charge in [0.15, 0.2) is 11.6 Å². The van der Waals surface area contributed by atoms with Gasteiger partial charge in [-0.05, 0) is 68.7 Å². The van der Waals surface area contributed by atoms with Gasteiger partial charge >= 0.3 is 0 Å². The number of hydrogen-bond acceptors (Lipinski definition) is 12. The predicted octanol–water partition coefficient (Wildman–Crippen LogP) is 5.01. The Bertz CT molecular complexity index is 2470. The number of ether oxygens (including phenoxy) is 1. The van der Waals surface area contributed by atoms with Gasteiger partial charge in [0.2, 0.25) is 23.7 Å². The molecule has 0 spiro atoms. The van der Waals surface area contributed by atoms with Crippen molar-refractivity contribution in [3.63, 3.8) is 0 Å². The Morgan fingerprint density at radius 2 is 1.83 bits per heavy atom. The summed E-state index contributed by atoms with van der Waals surface area (Å²) in [4.78, 5) is 73.9. The molecule has 3 aromatic heterocycles. The van der Waals surface area contributed by atoms with Crippen LogP contribution in [-0.4, -0.2) is 114 Å². The molecule has 2 fully saturated rings. The molecule has 2 aromatic carbocycles. The maximum Gasteiger partial charge on any atom is 0.255 e. The lowest BCUT2D eigenvalue weighted by Gasteiger charge is -2.34. The SMILES string of the molecule is Cc1nc2c(F)cc(-c3nc(Nc4ccc(CN5CCN(C(=O)COCCSc6cccc7c6CN(C6CCC(=O)NC6=O)C7=O)CC5)cn4)ncc3F)cc2n1C(C)C. The van der Waals surface area contributed by atoms with E-state index in [4.69, 9.17) is 4.74 Å². The number of amides is 4. The number of halogens is 2. The largest absolute Gasteiger partial charge is 0.371 e. The van der Waals surface area contributed by atoms with Gasteiger partial charge in [-0.25, -0.2) is 28.7 Å². The van der Waals surface area contributed by atoms with Crippen LogP contribution in [0.1, 0.15) is 60.0 Å². The molecule has 2 N–H and O–H groups in total. The number of carbonyl (C=O) groups is 4. The molecule has 60 heavy (non-hydrogen) atoms. The number of carbonyl (C=O) groups excluding carboxylic acids is 4. The van der Waals surface area contributed by atoms with Crippen LogP contribution in [0, 0.1) is 18.6 Å². The smallest absolute Gasteiger partial charge is 0.255 e. The number of nitrogens with one attached hydrogen (secondary N) is 2. The van der Waals surface area contributed by atoms with Crippen molar-refractivity contribution in [3.8, 4) is 11.3 Å². The molecule has 2 saturated heterocycles. The van der Waals surface area contributed by atoms with Gasteiger partial charge in [-0.1, -0.05) is 12.1 Å². The molecule has 8 rings (SSSR count). The van der Waals surface area contributed by atoms with Crippen molar-refractivity contribution in [1.82, 2.24) is 44.5 Å². The molecule has 1 atom stereocenters. The monoisotopic (exact) mass is 838 g/mol. The number of piperidine rings is 1. The van der Waals surface area contributed by atoms with Crippen molar-refractivity contribution in [2.24, 2.45) is 0 Å². The minimum absolute atomic E-state index is 0.0253. The molecule has 4 amide bonds. The Kier molecular flexibility index (Phi) is 11.9. The van der Waals surface area contributed by atoms with Gasteiger partial charge in [0, 0.05) is 79.7 Å². The predicted molar refractivity (Wildman–Crippen MR) is 219 cm³/mol. The van der Waals surface area contributed by atoms with E-state index in [9.17, 15) is 19.2 Å². The van der Waals surface area contributed by atoms with E-state index in [1.165, 1.54) is 22.7 Å². The highest BCUT2D eigenvalue weighted by Crippen LogP contribution is 2.35. The third kappa shape index (κ3) is 8.57. The summed E-state index contributed by atoms with van der Waals surface area (Å²) in [5.41, 5.74) is 3.40. The molecule has 5 aromatic rings. The summed E-state index contributed by atoms with van der Waals surface area (Å²) in [6, 6.07) is 11.5. The lowest BCUT2D eigenvalue weighted by atomic mass is 10.0. The van der Waals surface area contributed by atoms with E-state index in [-0.39, 0.29) is 59.5 Å². The second-order valence-corrected chi connectivity index (χ2v) is 16.4. The van der Waals surface area contributed by atoms with Crippen LogP contribution >= 0.6 is 11.8 Å². The number of pyridine rings is 1. The zero-order valence-corrected chi connectivity index (χ0v) is 34.2. The lowest BCUT2D eigenvalue weighted by molar-refractivity contribution is -0.138. The van der Waals surface area contributed by atoms with Crippen molar-refractivity contribution in [2.75, 3.05) is 50.5 Å². The normalized spacial score (nSPS) is 17.2. The van der Waals surface area contributed by atoms with Crippen LogP contribution in [0.3, 0.4) is 0 Å². The maximum atomic E-state index is 15.1. The van der Waals surface area contributed by atoms with Gasteiger partial charge in [0.05, 0.1) is 18.3 Å². The summed E-state index contributed by atoms with van der Waals surface area (Å²) < 4.78 is 37.8. The number of fused-ring (bicyclic) bond motifs is 2. The van der Waals surface area contributed by atoms with Gasteiger partial charge in [-0.15, -0.1) is 11.8 Å². The molecule has 15 nitrogen and oxygen atoms in total. The molecular weight excluding hydrogens is 795 g/mol. The van der Waals surface area contributed by atoms with Gasteiger partial charge in [-0.2, -0.15) is 0 Å². The molecule has 18 heteroatoms. The van der Waals surface area contributed by atoms with Crippen molar-refractivity contribution in [1.29, 1.82) is 0 Å². The fourth-order valence-electron chi connectivity index (χ4n) is 7.96. The zero-order chi connectivity index (χ0) is 42.1. The molecule has 1 unspecified atom stereocenters. The van der Waals surface area contributed by atoms with Gasteiger partial charge in [0.1, 0.15) is 35.5 Å². The highest BCUT2D eigenvalue weighted by atomic mass is 32.2. The first-order valence-corrected chi connectivity index (χ1v) is 20.8. The van der Waals surface area contributed by atoms with Crippen LogP contribution in [0.15, 0.2) is 59.8 Å². The standard InChI is InChI=1S/C42H44F2N10O5S/c1-24(2)54-25(3)47-39-30(43)17-27(18-33(39)54)38-31(44)20-46-42(50-38)48-35-9-7-26(19-45-35)21-51-11-13-52(14-12-51)37(56)23-59-15-16-60-34-6-4-5-28-29(34)22-53(41(28)58)32-8-10-36(55)49-40(32)57/h4-7,9,17-20,24,32H,8,10-16,21-23H2,1-3H3,(H,49,55,57)(H,45,46,48,50). The van der Waals surface area contributed by atoms with Crippen LogP contribution in [-0.2, 0) is 32.2 Å². The first kappa shape index (κ1) is 40.9. The Balaban J connectivity index is 0.776. The van der Waals surface area contributed by atoms with Gasteiger partial charge < -0.3 is 24.4 Å². The minimum Gasteiger partial charge on any atom is -0.371 e. The number of nitrogens with zero attached hydrogens (tertiary/aromatic N) is 8. The van der Waals surface area contributed by atoms with Crippen LogP contribution in [0.2, 0.25) is 0 Å². The number of imide groups is 1. The van der Waals surface area contributed by atoms with Crippen LogP contribution in [0.4, 0.5) is 20.5 Å². The number of piperazine rings is 1. The molecule has 3 aliphatic rings. The summed E-state index contributed by atoms with van der Waals surface area (Å²) >= 11 is 1.54. The van der Waals surface area contributed by atoms with E-state index in [1.54, 1.807) is 29.3 Å². The molecule has 3 aliphatic heterocycles. The fraction of sp³-hybridized carbons (Fsp3) is 0.381. The average Bonchev–Trinajstić information content (AvgIpc) is 3.75. The molecule has 0 bridgehead atoms. The van der Waals surface area contributed by atoms with Crippen molar-refractivity contribution in [2.45, 2.75) is 63.7 Å². The second kappa shape index (κ2) is 17.4. The van der Waals surface area contributed by atoms with Crippen LogP contribution in [0.5, 0.6) is 0 Å². The summed E-state index contributed by atoms with van der Waals surface area (Å²) in [6.07, 6.45) is 3.30. The Labute approximate surface area is 348 Å². The summed E-state index contributed by atoms with van der Waals surface area (Å²) in [5.74, 6) is -0.476. The topological polar surface area (TPSA) is 168 Å². The summed E-state index contributed by atoms with van der Waals surface area (Å²) in [5, 5.41) is 5.35. The summed E-state index contributed by atoms with van der Waals surface area (Å²) in [6.45, 7) is 9.53. The Morgan fingerprint density at radius 1 is 1.02 bits per heavy atom. The van der Waals surface area contributed by atoms with E-state index in [1.807, 2.05) is 43.5 Å².